The van der Waals surface area contributed by atoms with Crippen LogP contribution in [0.15, 0.2) is 11.6 Å². The number of carboxylic acids is 1. The minimum atomic E-state index is -1.12. The van der Waals surface area contributed by atoms with Gasteiger partial charge in [-0.25, -0.2) is 0 Å². The zero-order chi connectivity index (χ0) is 8.85. The van der Waals surface area contributed by atoms with Gasteiger partial charge in [-0.1, -0.05) is 0 Å². The molecule has 4 nitrogen and oxygen atoms in total. The zero-order valence-corrected chi connectivity index (χ0v) is 6.84. The average Bonchev–Trinajstić information content (AvgIpc) is 1.87. The van der Waals surface area contributed by atoms with E-state index in [-0.39, 0.29) is 7.92 Å². The molecular formula is C6H8NO3P. The molecule has 3 N–H and O–H groups in total. The SMILES string of the molecule is CC(C#P=O)=CC(N)C(=O)O. The van der Waals surface area contributed by atoms with Crippen LogP contribution in [0.1, 0.15) is 6.92 Å². The molecule has 0 bridgehead atoms. The molecule has 5 heteroatoms. The van der Waals surface area contributed by atoms with Gasteiger partial charge in [-0.3, -0.25) is 0 Å². The summed E-state index contributed by atoms with van der Waals surface area (Å²) in [5.74, 6) is -1.12. The topological polar surface area (TPSA) is 80.4 Å². The fourth-order valence-electron chi connectivity index (χ4n) is 0.450. The molecule has 0 aromatic rings. The Balaban J connectivity index is 4.38. The molecule has 0 spiro atoms. The number of allylic oxidation sites excluding steroid dienone is 1. The van der Waals surface area contributed by atoms with E-state index in [0.717, 1.165) is 0 Å². The molecule has 1 atom stereocenters. The Morgan fingerprint density at radius 3 is 2.73 bits per heavy atom. The van der Waals surface area contributed by atoms with Gasteiger partial charge in [0.25, 0.3) is 0 Å². The third kappa shape index (κ3) is 4.57. The van der Waals surface area contributed by atoms with Crippen molar-refractivity contribution in [2.75, 3.05) is 0 Å². The summed E-state index contributed by atoms with van der Waals surface area (Å²) in [6, 6.07) is -1.05. The Bertz CT molecular complexity index is 277. The second-order valence-corrected chi connectivity index (χ2v) is 2.32. The standard InChI is InChI=1S/C6H8NO3P/c1-4(3-11-10)2-5(7)6(8)9/h2,5H,7H2,1H3,(H,8,9). The first kappa shape index (κ1) is 10.2. The van der Waals surface area contributed by atoms with Crippen LogP contribution >= 0.6 is 7.92 Å². The number of nitrogens with two attached hydrogens (primary N) is 1. The van der Waals surface area contributed by atoms with Crippen molar-refractivity contribution in [1.82, 2.24) is 0 Å². The van der Waals surface area contributed by atoms with E-state index < -0.39 is 12.0 Å². The van der Waals surface area contributed by atoms with E-state index in [1.807, 2.05) is 0 Å². The molecule has 11 heavy (non-hydrogen) atoms. The molecule has 0 aliphatic carbocycles. The van der Waals surface area contributed by atoms with Crippen molar-refractivity contribution in [3.05, 3.63) is 11.6 Å². The predicted octanol–water partition coefficient (Wildman–Crippen LogP) is 0.595. The molecule has 0 aliphatic rings. The van der Waals surface area contributed by atoms with Crippen LogP contribution in [0.2, 0.25) is 0 Å². The molecule has 1 unspecified atom stereocenters. The summed E-state index contributed by atoms with van der Waals surface area (Å²) in [7, 11) is -0.269. The molecule has 0 aliphatic heterocycles. The Kier molecular flexibility index (Phi) is 4.55. The Morgan fingerprint density at radius 2 is 2.36 bits per heavy atom. The summed E-state index contributed by atoms with van der Waals surface area (Å²) < 4.78 is 9.92. The minimum absolute atomic E-state index is 0.269. The normalized spacial score (nSPS) is 13.5. The fourth-order valence-corrected chi connectivity index (χ4v) is 0.668. The first-order chi connectivity index (χ1) is 5.07. The second-order valence-electron chi connectivity index (χ2n) is 1.92. The van der Waals surface area contributed by atoms with Crippen LogP contribution in [-0.4, -0.2) is 17.1 Å². The maximum atomic E-state index is 10.2. The molecule has 0 amide bonds. The van der Waals surface area contributed by atoms with Crippen LogP contribution in [0.25, 0.3) is 0 Å². The molecule has 0 heterocycles. The van der Waals surface area contributed by atoms with Crippen LogP contribution in [0.4, 0.5) is 0 Å². The monoisotopic (exact) mass is 173 g/mol. The molecule has 0 radical (unpaired) electrons. The molecule has 0 rings (SSSR count). The molecular weight excluding hydrogens is 165 g/mol. The van der Waals surface area contributed by atoms with E-state index in [2.05, 4.69) is 5.63 Å². The van der Waals surface area contributed by atoms with Crippen LogP contribution in [0, 0.1) is 5.63 Å². The van der Waals surface area contributed by atoms with Gasteiger partial charge in [0.15, 0.2) is 0 Å². The molecule has 60 valence electrons. The van der Waals surface area contributed by atoms with Crippen molar-refractivity contribution in [3.8, 4) is 5.63 Å². The summed E-state index contributed by atoms with van der Waals surface area (Å²) in [5.41, 5.74) is 7.96. The molecule has 0 saturated heterocycles. The van der Waals surface area contributed by atoms with Gasteiger partial charge in [0, 0.05) is 0 Å². The number of hydrogen-bond acceptors (Lipinski definition) is 3. The zero-order valence-electron chi connectivity index (χ0n) is 5.94. The third-order valence-corrected chi connectivity index (χ3v) is 1.38. The molecule has 0 saturated carbocycles. The van der Waals surface area contributed by atoms with Crippen LogP contribution in [0.5, 0.6) is 0 Å². The van der Waals surface area contributed by atoms with Crippen molar-refractivity contribution >= 4 is 13.9 Å². The Labute approximate surface area is 65.2 Å². The average molecular weight is 173 g/mol. The van der Waals surface area contributed by atoms with Gasteiger partial charge >= 0.3 is 64.3 Å². The quantitative estimate of drug-likeness (QED) is 0.599. The Hall–Kier alpha value is -0.820. The number of carboxylic acid groups (broad SMARTS) is 1. The van der Waals surface area contributed by atoms with E-state index in [4.69, 9.17) is 10.8 Å². The van der Waals surface area contributed by atoms with Gasteiger partial charge in [0.1, 0.15) is 0 Å². The van der Waals surface area contributed by atoms with E-state index in [0.29, 0.717) is 5.57 Å². The van der Waals surface area contributed by atoms with E-state index in [9.17, 15) is 9.36 Å². The van der Waals surface area contributed by atoms with Gasteiger partial charge in [0.2, 0.25) is 0 Å². The summed E-state index contributed by atoms with van der Waals surface area (Å²) in [6.45, 7) is 1.58. The van der Waals surface area contributed by atoms with Gasteiger partial charge in [-0.2, -0.15) is 0 Å². The third-order valence-electron chi connectivity index (χ3n) is 0.937. The van der Waals surface area contributed by atoms with Crippen LogP contribution in [0.3, 0.4) is 0 Å². The molecule has 0 aromatic heterocycles. The first-order valence-electron chi connectivity index (χ1n) is 2.83. The van der Waals surface area contributed by atoms with Gasteiger partial charge < -0.3 is 0 Å². The van der Waals surface area contributed by atoms with Crippen LogP contribution < -0.4 is 5.73 Å². The number of carbonyl (C=O) groups is 1. The van der Waals surface area contributed by atoms with Crippen molar-refractivity contribution in [2.24, 2.45) is 5.73 Å². The van der Waals surface area contributed by atoms with E-state index >= 15 is 0 Å². The van der Waals surface area contributed by atoms with Crippen molar-refractivity contribution in [2.45, 2.75) is 13.0 Å². The first-order valence-corrected chi connectivity index (χ1v) is 3.64. The van der Waals surface area contributed by atoms with Crippen molar-refractivity contribution < 1.29 is 14.5 Å². The second kappa shape index (κ2) is 4.91. The summed E-state index contributed by atoms with van der Waals surface area (Å²) in [6.07, 6.45) is 1.27. The van der Waals surface area contributed by atoms with Gasteiger partial charge in [0.05, 0.1) is 0 Å². The summed E-state index contributed by atoms with van der Waals surface area (Å²) in [4.78, 5) is 10.2. The fraction of sp³-hybridized carbons (Fsp3) is 0.333. The maximum absolute atomic E-state index is 10.2. The Morgan fingerprint density at radius 1 is 1.82 bits per heavy atom. The predicted molar refractivity (Wildman–Crippen MR) is 40.9 cm³/mol. The number of aliphatic carboxylic acids is 1. The van der Waals surface area contributed by atoms with Gasteiger partial charge in [-0.15, -0.1) is 0 Å². The van der Waals surface area contributed by atoms with Crippen molar-refractivity contribution in [1.29, 1.82) is 0 Å². The van der Waals surface area contributed by atoms with Gasteiger partial charge in [-0.05, 0) is 0 Å². The molecule has 0 aromatic carbocycles. The summed E-state index contributed by atoms with van der Waals surface area (Å²) >= 11 is 0. The van der Waals surface area contributed by atoms with E-state index in [1.54, 1.807) is 6.92 Å². The number of hydrogen-bond donors (Lipinski definition) is 2. The summed E-state index contributed by atoms with van der Waals surface area (Å²) in [5, 5.41) is 8.32. The van der Waals surface area contributed by atoms with Crippen molar-refractivity contribution in [3.63, 3.8) is 0 Å². The number of rotatable bonds is 2. The van der Waals surface area contributed by atoms with E-state index in [1.165, 1.54) is 6.08 Å². The molecule has 0 fully saturated rings. The van der Waals surface area contributed by atoms with Crippen LogP contribution in [-0.2, 0) is 9.36 Å².